The third-order valence-electron chi connectivity index (χ3n) is 7.04. The average molecular weight is 427 g/mol. The van der Waals surface area contributed by atoms with Crippen molar-refractivity contribution in [3.8, 4) is 0 Å². The molecule has 1 aromatic rings. The van der Waals surface area contributed by atoms with E-state index in [4.69, 9.17) is 0 Å². The Morgan fingerprint density at radius 2 is 1.68 bits per heavy atom. The van der Waals surface area contributed by atoms with Crippen molar-refractivity contribution < 1.29 is 9.59 Å². The zero-order valence-corrected chi connectivity index (χ0v) is 19.0. The number of piperidine rings is 1. The van der Waals surface area contributed by atoms with E-state index in [0.717, 1.165) is 90.9 Å². The number of unbranched alkanes of at least 4 members (excludes halogenated alkanes) is 1. The molecule has 0 radical (unpaired) electrons. The summed E-state index contributed by atoms with van der Waals surface area (Å²) in [5.74, 6) is 0.873. The van der Waals surface area contributed by atoms with Gasteiger partial charge in [-0.25, -0.2) is 0 Å². The molecule has 4 rings (SSSR count). The lowest BCUT2D eigenvalue weighted by atomic mass is 9.95. The van der Waals surface area contributed by atoms with Gasteiger partial charge in [0.15, 0.2) is 0 Å². The Labute approximate surface area is 187 Å². The molecule has 1 N–H and O–H groups in total. The van der Waals surface area contributed by atoms with Crippen LogP contribution in [-0.4, -0.2) is 74.0 Å². The summed E-state index contributed by atoms with van der Waals surface area (Å²) in [5, 5.41) is 3.13. The van der Waals surface area contributed by atoms with E-state index in [2.05, 4.69) is 46.3 Å². The first kappa shape index (κ1) is 22.1. The van der Waals surface area contributed by atoms with Crippen LogP contribution < -0.4 is 10.2 Å². The lowest BCUT2D eigenvalue weighted by Crippen LogP contribution is -2.46. The molecule has 3 fully saturated rings. The fourth-order valence-electron chi connectivity index (χ4n) is 4.82. The molecule has 31 heavy (non-hydrogen) atoms. The monoisotopic (exact) mass is 426 g/mol. The first-order valence-electron chi connectivity index (χ1n) is 12.2. The van der Waals surface area contributed by atoms with E-state index < -0.39 is 0 Å². The van der Waals surface area contributed by atoms with E-state index in [9.17, 15) is 9.59 Å². The van der Waals surface area contributed by atoms with Gasteiger partial charge in [-0.05, 0) is 69.7 Å². The van der Waals surface area contributed by atoms with E-state index in [1.807, 2.05) is 4.90 Å². The lowest BCUT2D eigenvalue weighted by molar-refractivity contribution is -0.136. The lowest BCUT2D eigenvalue weighted by Gasteiger charge is -2.36. The predicted octanol–water partition coefficient (Wildman–Crippen LogP) is 2.66. The maximum Gasteiger partial charge on any atom is 0.225 e. The number of amides is 2. The van der Waals surface area contributed by atoms with Crippen molar-refractivity contribution in [3.05, 3.63) is 29.8 Å². The number of hydrogen-bond acceptors (Lipinski definition) is 4. The van der Waals surface area contributed by atoms with Crippen LogP contribution in [0.1, 0.15) is 44.1 Å². The summed E-state index contributed by atoms with van der Waals surface area (Å²) >= 11 is 0. The minimum atomic E-state index is 0.0814. The topological polar surface area (TPSA) is 55.9 Å². The first-order chi connectivity index (χ1) is 15.1. The molecule has 6 heteroatoms. The Kier molecular flexibility index (Phi) is 7.49. The van der Waals surface area contributed by atoms with Crippen LogP contribution in [0.25, 0.3) is 0 Å². The quantitative estimate of drug-likeness (QED) is 0.650. The molecule has 3 aliphatic rings. The number of nitrogens with zero attached hydrogens (tertiary/aromatic N) is 3. The Bertz CT molecular complexity index is 748. The Morgan fingerprint density at radius 3 is 2.35 bits per heavy atom. The summed E-state index contributed by atoms with van der Waals surface area (Å²) in [5.41, 5.74) is 2.66. The van der Waals surface area contributed by atoms with Gasteiger partial charge in [-0.3, -0.25) is 14.5 Å². The molecule has 2 saturated heterocycles. The number of piperazine rings is 1. The number of anilines is 1. The number of nitrogens with one attached hydrogen (secondary N) is 1. The SMILES string of the molecule is Cc1cccc(N2CCN(CCCCNC(=O)C3CCN(C(=O)C4CC4)CC3)CC2)c1. The van der Waals surface area contributed by atoms with Crippen molar-refractivity contribution >= 4 is 17.5 Å². The highest BCUT2D eigenvalue weighted by atomic mass is 16.2. The second-order valence-electron chi connectivity index (χ2n) is 9.54. The standard InChI is InChI=1S/C25H38N4O2/c1-20-5-4-6-23(19-20)28-17-15-27(16-18-28)12-3-2-11-26-24(30)21-9-13-29(14-10-21)25(31)22-7-8-22/h4-6,19,21-22H,2-3,7-18H2,1H3,(H,26,30). The number of likely N-dealkylation sites (tertiary alicyclic amines) is 1. The molecule has 0 atom stereocenters. The summed E-state index contributed by atoms with van der Waals surface area (Å²) in [4.78, 5) is 31.6. The van der Waals surface area contributed by atoms with Crippen LogP contribution in [0, 0.1) is 18.8 Å². The van der Waals surface area contributed by atoms with Gasteiger partial charge in [-0.2, -0.15) is 0 Å². The van der Waals surface area contributed by atoms with E-state index >= 15 is 0 Å². The van der Waals surface area contributed by atoms with Crippen LogP contribution in [0.3, 0.4) is 0 Å². The number of aryl methyl sites for hydroxylation is 1. The highest BCUT2D eigenvalue weighted by Crippen LogP contribution is 2.32. The first-order valence-corrected chi connectivity index (χ1v) is 12.2. The molecule has 2 aliphatic heterocycles. The van der Waals surface area contributed by atoms with E-state index in [-0.39, 0.29) is 17.7 Å². The van der Waals surface area contributed by atoms with Gasteiger partial charge in [0.25, 0.3) is 0 Å². The van der Waals surface area contributed by atoms with E-state index in [1.54, 1.807) is 0 Å². The largest absolute Gasteiger partial charge is 0.369 e. The van der Waals surface area contributed by atoms with Gasteiger partial charge in [0.2, 0.25) is 11.8 Å². The Balaban J connectivity index is 1.05. The molecule has 2 heterocycles. The third-order valence-corrected chi connectivity index (χ3v) is 7.04. The molecule has 0 aromatic heterocycles. The van der Waals surface area contributed by atoms with Gasteiger partial charge < -0.3 is 15.1 Å². The molecular formula is C25H38N4O2. The summed E-state index contributed by atoms with van der Waals surface area (Å²) in [6, 6.07) is 8.77. The molecule has 2 amide bonds. The van der Waals surface area contributed by atoms with Gasteiger partial charge in [0.05, 0.1) is 0 Å². The van der Waals surface area contributed by atoms with Crippen molar-refractivity contribution in [1.29, 1.82) is 0 Å². The third kappa shape index (κ3) is 6.22. The zero-order chi connectivity index (χ0) is 21.6. The number of hydrogen-bond donors (Lipinski definition) is 1. The highest BCUT2D eigenvalue weighted by molar-refractivity contribution is 5.82. The number of carbonyl (C=O) groups excluding carboxylic acids is 2. The molecule has 170 valence electrons. The molecule has 0 spiro atoms. The Hall–Kier alpha value is -2.08. The molecule has 0 bridgehead atoms. The summed E-state index contributed by atoms with van der Waals surface area (Å²) in [6.45, 7) is 9.92. The number of carbonyl (C=O) groups is 2. The van der Waals surface area contributed by atoms with Crippen LogP contribution in [0.2, 0.25) is 0 Å². The normalized spacial score (nSPS) is 20.7. The second-order valence-corrected chi connectivity index (χ2v) is 9.54. The predicted molar refractivity (Wildman–Crippen MR) is 124 cm³/mol. The minimum Gasteiger partial charge on any atom is -0.369 e. The molecular weight excluding hydrogens is 388 g/mol. The Morgan fingerprint density at radius 1 is 0.935 bits per heavy atom. The molecule has 1 aliphatic carbocycles. The van der Waals surface area contributed by atoms with Crippen LogP contribution in [-0.2, 0) is 9.59 Å². The number of benzene rings is 1. The fourth-order valence-corrected chi connectivity index (χ4v) is 4.82. The van der Waals surface area contributed by atoms with Crippen LogP contribution in [0.4, 0.5) is 5.69 Å². The summed E-state index contributed by atoms with van der Waals surface area (Å²) in [6.07, 6.45) is 5.90. The molecule has 6 nitrogen and oxygen atoms in total. The van der Waals surface area contributed by atoms with Gasteiger partial charge in [-0.1, -0.05) is 12.1 Å². The van der Waals surface area contributed by atoms with Gasteiger partial charge in [0.1, 0.15) is 0 Å². The van der Waals surface area contributed by atoms with Crippen LogP contribution >= 0.6 is 0 Å². The van der Waals surface area contributed by atoms with E-state index in [0.29, 0.717) is 5.91 Å². The minimum absolute atomic E-state index is 0.0814. The van der Waals surface area contributed by atoms with Crippen molar-refractivity contribution in [3.63, 3.8) is 0 Å². The number of rotatable bonds is 8. The second kappa shape index (κ2) is 10.5. The van der Waals surface area contributed by atoms with Gasteiger partial charge in [-0.15, -0.1) is 0 Å². The molecule has 1 saturated carbocycles. The zero-order valence-electron chi connectivity index (χ0n) is 19.0. The van der Waals surface area contributed by atoms with Gasteiger partial charge in [0, 0.05) is 63.3 Å². The van der Waals surface area contributed by atoms with Gasteiger partial charge >= 0.3 is 0 Å². The maximum atomic E-state index is 12.4. The maximum absolute atomic E-state index is 12.4. The average Bonchev–Trinajstić information content (AvgIpc) is 3.64. The van der Waals surface area contributed by atoms with Crippen LogP contribution in [0.5, 0.6) is 0 Å². The van der Waals surface area contributed by atoms with E-state index in [1.165, 1.54) is 11.3 Å². The smallest absolute Gasteiger partial charge is 0.225 e. The highest BCUT2D eigenvalue weighted by Gasteiger charge is 2.35. The van der Waals surface area contributed by atoms with Crippen molar-refractivity contribution in [1.82, 2.24) is 15.1 Å². The summed E-state index contributed by atoms with van der Waals surface area (Å²) in [7, 11) is 0. The molecule has 1 aromatic carbocycles. The fraction of sp³-hybridized carbons (Fsp3) is 0.680. The van der Waals surface area contributed by atoms with Crippen LogP contribution in [0.15, 0.2) is 24.3 Å². The molecule has 0 unspecified atom stereocenters. The van der Waals surface area contributed by atoms with Crippen molar-refractivity contribution in [2.45, 2.75) is 45.4 Å². The summed E-state index contributed by atoms with van der Waals surface area (Å²) < 4.78 is 0. The van der Waals surface area contributed by atoms with Crippen molar-refractivity contribution in [2.75, 3.05) is 57.3 Å². The van der Waals surface area contributed by atoms with Crippen molar-refractivity contribution in [2.24, 2.45) is 11.8 Å².